The fourth-order valence-electron chi connectivity index (χ4n) is 2.72. The molecule has 0 radical (unpaired) electrons. The number of fused-ring (bicyclic) bond motifs is 1. The number of rotatable bonds is 3. The summed E-state index contributed by atoms with van der Waals surface area (Å²) in [5.41, 5.74) is 6.53. The summed E-state index contributed by atoms with van der Waals surface area (Å²) in [4.78, 5) is 0. The minimum absolute atomic E-state index is 0.125. The summed E-state index contributed by atoms with van der Waals surface area (Å²) >= 11 is 1.93. The van der Waals surface area contributed by atoms with E-state index < -0.39 is 5.60 Å². The molecule has 4 nitrogen and oxygen atoms in total. The molecular weight excluding hydrogens is 306 g/mol. The van der Waals surface area contributed by atoms with Gasteiger partial charge in [-0.25, -0.2) is 0 Å². The van der Waals surface area contributed by atoms with Crippen LogP contribution in [0.3, 0.4) is 0 Å². The number of aliphatic hydroxyl groups is 1. The quantitative estimate of drug-likeness (QED) is 0.516. The average molecular weight is 327 g/mol. The number of benzene rings is 2. The van der Waals surface area contributed by atoms with Crippen molar-refractivity contribution in [3.8, 4) is 0 Å². The number of nitrogens with two attached hydrogens (primary N) is 1. The SMILES string of the molecule is CC(O)(/C(N)=N/N=C1CCSCC1)c1cccc2ccccc12. The Morgan fingerprint density at radius 2 is 1.83 bits per heavy atom. The van der Waals surface area contributed by atoms with E-state index in [1.54, 1.807) is 6.92 Å². The van der Waals surface area contributed by atoms with Crippen LogP contribution in [0.1, 0.15) is 25.3 Å². The summed E-state index contributed by atoms with van der Waals surface area (Å²) < 4.78 is 0. The molecule has 120 valence electrons. The molecule has 0 aromatic heterocycles. The smallest absolute Gasteiger partial charge is 0.158 e. The minimum atomic E-state index is -1.35. The molecule has 0 spiro atoms. The number of amidine groups is 1. The van der Waals surface area contributed by atoms with E-state index in [2.05, 4.69) is 10.2 Å². The monoisotopic (exact) mass is 327 g/mol. The van der Waals surface area contributed by atoms with Crippen molar-refractivity contribution in [2.24, 2.45) is 15.9 Å². The Hall–Kier alpha value is -1.85. The summed E-state index contributed by atoms with van der Waals surface area (Å²) in [5.74, 6) is 2.28. The van der Waals surface area contributed by atoms with Crippen LogP contribution >= 0.6 is 11.8 Å². The normalized spacial score (nSPS) is 18.7. The zero-order valence-corrected chi connectivity index (χ0v) is 14.0. The Bertz CT molecular complexity index is 754. The Morgan fingerprint density at radius 1 is 1.13 bits per heavy atom. The number of thioether (sulfide) groups is 1. The van der Waals surface area contributed by atoms with Crippen molar-refractivity contribution in [1.82, 2.24) is 0 Å². The third kappa shape index (κ3) is 3.41. The molecule has 3 rings (SSSR count). The summed E-state index contributed by atoms with van der Waals surface area (Å²) in [5, 5.41) is 21.4. The molecule has 1 aliphatic rings. The summed E-state index contributed by atoms with van der Waals surface area (Å²) in [6, 6.07) is 13.8. The van der Waals surface area contributed by atoms with Crippen LogP contribution in [0.25, 0.3) is 10.8 Å². The minimum Gasteiger partial charge on any atom is -0.383 e. The van der Waals surface area contributed by atoms with Crippen molar-refractivity contribution in [1.29, 1.82) is 0 Å². The van der Waals surface area contributed by atoms with Gasteiger partial charge in [-0.1, -0.05) is 42.5 Å². The van der Waals surface area contributed by atoms with Gasteiger partial charge in [0.15, 0.2) is 5.84 Å². The van der Waals surface area contributed by atoms with E-state index in [0.717, 1.165) is 46.4 Å². The van der Waals surface area contributed by atoms with Gasteiger partial charge in [0.05, 0.1) is 0 Å². The molecule has 23 heavy (non-hydrogen) atoms. The highest BCUT2D eigenvalue weighted by Gasteiger charge is 2.30. The van der Waals surface area contributed by atoms with Gasteiger partial charge in [-0.3, -0.25) is 0 Å². The highest BCUT2D eigenvalue weighted by molar-refractivity contribution is 7.99. The largest absolute Gasteiger partial charge is 0.383 e. The second kappa shape index (κ2) is 6.72. The van der Waals surface area contributed by atoms with E-state index in [-0.39, 0.29) is 5.84 Å². The zero-order valence-electron chi connectivity index (χ0n) is 13.2. The van der Waals surface area contributed by atoms with Crippen LogP contribution in [-0.4, -0.2) is 28.2 Å². The van der Waals surface area contributed by atoms with Gasteiger partial charge in [0.25, 0.3) is 0 Å². The van der Waals surface area contributed by atoms with Crippen molar-refractivity contribution in [2.75, 3.05) is 11.5 Å². The number of hydrogen-bond donors (Lipinski definition) is 2. The molecule has 0 amide bonds. The van der Waals surface area contributed by atoms with Gasteiger partial charge in [-0.15, -0.1) is 5.10 Å². The van der Waals surface area contributed by atoms with Gasteiger partial charge in [0, 0.05) is 5.71 Å². The standard InChI is InChI=1S/C18H21N3OS/c1-18(22,17(19)21-20-14-9-11-23-12-10-14)16-8-4-6-13-5-2-3-7-15(13)16/h2-8,22H,9-12H2,1H3,(H2,19,21). The lowest BCUT2D eigenvalue weighted by Gasteiger charge is -2.24. The van der Waals surface area contributed by atoms with Crippen molar-refractivity contribution in [3.63, 3.8) is 0 Å². The van der Waals surface area contributed by atoms with Crippen LogP contribution in [0, 0.1) is 0 Å². The molecule has 2 aromatic rings. The fourth-order valence-corrected chi connectivity index (χ4v) is 3.68. The van der Waals surface area contributed by atoms with Gasteiger partial charge >= 0.3 is 0 Å². The van der Waals surface area contributed by atoms with Gasteiger partial charge < -0.3 is 10.8 Å². The molecule has 1 aliphatic heterocycles. The lowest BCUT2D eigenvalue weighted by molar-refractivity contribution is 0.133. The molecule has 5 heteroatoms. The Kier molecular flexibility index (Phi) is 4.68. The van der Waals surface area contributed by atoms with Crippen molar-refractivity contribution >= 4 is 34.1 Å². The van der Waals surface area contributed by atoms with E-state index in [9.17, 15) is 5.11 Å². The molecular formula is C18H21N3OS. The van der Waals surface area contributed by atoms with Gasteiger partial charge in [-0.05, 0) is 47.6 Å². The average Bonchev–Trinajstić information content (AvgIpc) is 2.60. The lowest BCUT2D eigenvalue weighted by atomic mass is 9.90. The summed E-state index contributed by atoms with van der Waals surface area (Å²) in [6.07, 6.45) is 1.88. The molecule has 3 N–H and O–H groups in total. The van der Waals surface area contributed by atoms with Crippen LogP contribution in [0.5, 0.6) is 0 Å². The third-order valence-corrected chi connectivity index (χ3v) is 5.17. The number of nitrogens with zero attached hydrogens (tertiary/aromatic N) is 2. The molecule has 0 bridgehead atoms. The Balaban J connectivity index is 1.95. The first-order valence-electron chi connectivity index (χ1n) is 7.77. The first-order chi connectivity index (χ1) is 11.1. The maximum Gasteiger partial charge on any atom is 0.158 e. The molecule has 1 fully saturated rings. The predicted octanol–water partition coefficient (Wildman–Crippen LogP) is 3.29. The number of hydrogen-bond acceptors (Lipinski definition) is 4. The molecule has 1 atom stereocenters. The highest BCUT2D eigenvalue weighted by Crippen LogP contribution is 2.29. The molecule has 1 heterocycles. The predicted molar refractivity (Wildman–Crippen MR) is 99.1 cm³/mol. The summed E-state index contributed by atoms with van der Waals surface area (Å²) in [7, 11) is 0. The molecule has 1 unspecified atom stereocenters. The highest BCUT2D eigenvalue weighted by atomic mass is 32.2. The first-order valence-corrected chi connectivity index (χ1v) is 8.92. The summed E-state index contributed by atoms with van der Waals surface area (Å²) in [6.45, 7) is 1.67. The Morgan fingerprint density at radius 3 is 2.61 bits per heavy atom. The van der Waals surface area contributed by atoms with E-state index in [0.29, 0.717) is 0 Å². The van der Waals surface area contributed by atoms with Crippen LogP contribution in [0.15, 0.2) is 52.7 Å². The lowest BCUT2D eigenvalue weighted by Crippen LogP contribution is -2.38. The van der Waals surface area contributed by atoms with Gasteiger partial charge in [0.1, 0.15) is 5.60 Å². The topological polar surface area (TPSA) is 71.0 Å². The van der Waals surface area contributed by atoms with Crippen LogP contribution in [0.2, 0.25) is 0 Å². The van der Waals surface area contributed by atoms with Crippen LogP contribution in [0.4, 0.5) is 0 Å². The van der Waals surface area contributed by atoms with Crippen LogP contribution in [-0.2, 0) is 5.60 Å². The van der Waals surface area contributed by atoms with Gasteiger partial charge in [-0.2, -0.15) is 16.9 Å². The molecule has 0 saturated carbocycles. The molecule has 2 aromatic carbocycles. The van der Waals surface area contributed by atoms with Crippen molar-refractivity contribution < 1.29 is 5.11 Å². The zero-order chi connectivity index (χ0) is 16.3. The van der Waals surface area contributed by atoms with E-state index in [1.807, 2.05) is 54.2 Å². The second-order valence-corrected chi connectivity index (χ2v) is 7.09. The van der Waals surface area contributed by atoms with Crippen molar-refractivity contribution in [2.45, 2.75) is 25.4 Å². The van der Waals surface area contributed by atoms with E-state index >= 15 is 0 Å². The fraction of sp³-hybridized carbons (Fsp3) is 0.333. The maximum atomic E-state index is 11.0. The van der Waals surface area contributed by atoms with E-state index in [1.165, 1.54) is 0 Å². The van der Waals surface area contributed by atoms with E-state index in [4.69, 9.17) is 5.73 Å². The Labute approximate surface area is 140 Å². The van der Waals surface area contributed by atoms with Crippen molar-refractivity contribution in [3.05, 3.63) is 48.0 Å². The second-order valence-electron chi connectivity index (χ2n) is 5.86. The molecule has 1 saturated heterocycles. The van der Waals surface area contributed by atoms with Crippen LogP contribution < -0.4 is 5.73 Å². The maximum absolute atomic E-state index is 11.0. The first kappa shape index (κ1) is 16.0. The molecule has 0 aliphatic carbocycles. The van der Waals surface area contributed by atoms with Gasteiger partial charge in [0.2, 0.25) is 0 Å². The third-order valence-electron chi connectivity index (χ3n) is 4.18.